The highest BCUT2D eigenvalue weighted by molar-refractivity contribution is 5.74. The number of rotatable bonds is 55. The van der Waals surface area contributed by atoms with Gasteiger partial charge < -0.3 is 39.0 Å². The first-order valence-electron chi connectivity index (χ1n) is 32.0. The van der Waals surface area contributed by atoms with Crippen molar-refractivity contribution in [3.63, 3.8) is 0 Å². The lowest BCUT2D eigenvalue weighted by Gasteiger charge is -2.40. The number of ether oxygens (including phenoxy) is 5. The molecule has 1 heterocycles. The summed E-state index contributed by atoms with van der Waals surface area (Å²) >= 11 is 0. The van der Waals surface area contributed by atoms with Gasteiger partial charge in [0.15, 0.2) is 24.6 Å². The topological polar surface area (TPSA) is 175 Å². The van der Waals surface area contributed by atoms with E-state index in [9.17, 15) is 34.5 Å². The average molecular weight is 1090 g/mol. The van der Waals surface area contributed by atoms with E-state index in [1.54, 1.807) is 0 Å². The molecule has 0 amide bonds. The van der Waals surface area contributed by atoms with Crippen LogP contribution in [-0.4, -0.2) is 89.2 Å². The number of hydrogen-bond donors (Lipinski definition) is 3. The first kappa shape index (κ1) is 72.0. The highest BCUT2D eigenvalue weighted by Gasteiger charge is 2.50. The molecule has 0 aromatic heterocycles. The van der Waals surface area contributed by atoms with E-state index >= 15 is 0 Å². The third-order valence-corrected chi connectivity index (χ3v) is 14.7. The lowest BCUT2D eigenvalue weighted by molar-refractivity contribution is -0.301. The van der Waals surface area contributed by atoms with E-state index in [4.69, 9.17) is 23.7 Å². The second-order valence-corrected chi connectivity index (χ2v) is 22.0. The first-order valence-corrected chi connectivity index (χ1v) is 32.0. The van der Waals surface area contributed by atoms with Crippen LogP contribution in [0.4, 0.5) is 0 Å². The van der Waals surface area contributed by atoms with Crippen molar-refractivity contribution in [1.82, 2.24) is 0 Å². The summed E-state index contributed by atoms with van der Waals surface area (Å²) in [6, 6.07) is 0. The van der Waals surface area contributed by atoms with E-state index < -0.39 is 67.3 Å². The van der Waals surface area contributed by atoms with Crippen molar-refractivity contribution in [2.75, 3.05) is 13.2 Å². The highest BCUT2D eigenvalue weighted by atomic mass is 16.7. The predicted molar refractivity (Wildman–Crippen MR) is 313 cm³/mol. The summed E-state index contributed by atoms with van der Waals surface area (Å²) in [5.74, 6) is -3.12. The number of carbonyl (C=O) groups excluding carboxylic acids is 3. The Labute approximate surface area is 470 Å². The van der Waals surface area contributed by atoms with Crippen molar-refractivity contribution < 1.29 is 58.2 Å². The molecule has 448 valence electrons. The molecule has 3 N–H and O–H groups in total. The smallest absolute Gasteiger partial charge is 0.335 e. The van der Waals surface area contributed by atoms with Crippen LogP contribution in [0.1, 0.15) is 303 Å². The van der Waals surface area contributed by atoms with Crippen LogP contribution in [0.15, 0.2) is 36.5 Å². The third-order valence-electron chi connectivity index (χ3n) is 14.7. The molecular weight excluding hydrogens is 973 g/mol. The standard InChI is InChI=1S/C65H116O12/c1-4-7-10-13-16-19-22-25-27-28-29-30-32-34-36-39-42-45-48-51-57(66)73-54-56(75-58(67)52-49-46-43-40-38-35-31-26-23-20-17-14-11-8-5-2)55-74-65-63(61(70)60(69)62(77-65)64(71)72)76-59(68)53-50-47-44-41-37-33-24-21-18-15-12-9-6-3/h17,20-21,24,26,31,56,60-63,65,69-70H,4-16,18-19,22-23,25,27-30,32-55H2,1-3H3,(H,71,72)/b20-17-,24-21-,31-26-. The van der Waals surface area contributed by atoms with Gasteiger partial charge in [-0.15, -0.1) is 0 Å². The first-order chi connectivity index (χ1) is 37.6. The second kappa shape index (κ2) is 53.6. The third kappa shape index (κ3) is 43.4. The summed E-state index contributed by atoms with van der Waals surface area (Å²) in [6.07, 6.45) is 51.1. The highest BCUT2D eigenvalue weighted by Crippen LogP contribution is 2.27. The van der Waals surface area contributed by atoms with Crippen molar-refractivity contribution in [1.29, 1.82) is 0 Å². The van der Waals surface area contributed by atoms with Crippen LogP contribution in [0, 0.1) is 0 Å². The molecule has 12 heteroatoms. The average Bonchev–Trinajstić information content (AvgIpc) is 3.41. The Morgan fingerprint density at radius 1 is 0.429 bits per heavy atom. The summed E-state index contributed by atoms with van der Waals surface area (Å²) in [5, 5.41) is 31.5. The minimum Gasteiger partial charge on any atom is -0.479 e. The van der Waals surface area contributed by atoms with E-state index in [0.29, 0.717) is 19.3 Å². The number of carboxylic acids is 1. The van der Waals surface area contributed by atoms with Crippen molar-refractivity contribution in [2.24, 2.45) is 0 Å². The monoisotopic (exact) mass is 1090 g/mol. The van der Waals surface area contributed by atoms with E-state index in [1.807, 2.05) is 0 Å². The zero-order valence-electron chi connectivity index (χ0n) is 49.5. The maximum Gasteiger partial charge on any atom is 0.335 e. The van der Waals surface area contributed by atoms with E-state index in [2.05, 4.69) is 57.2 Å². The van der Waals surface area contributed by atoms with Crippen molar-refractivity contribution in [3.8, 4) is 0 Å². The van der Waals surface area contributed by atoms with Gasteiger partial charge in [-0.25, -0.2) is 4.79 Å². The lowest BCUT2D eigenvalue weighted by Crippen LogP contribution is -2.61. The van der Waals surface area contributed by atoms with Gasteiger partial charge in [0.25, 0.3) is 0 Å². The van der Waals surface area contributed by atoms with Crippen LogP contribution < -0.4 is 0 Å². The Balaban J connectivity index is 2.65. The van der Waals surface area contributed by atoms with Crippen molar-refractivity contribution in [3.05, 3.63) is 36.5 Å². The molecule has 1 aliphatic heterocycles. The molecule has 0 aliphatic carbocycles. The molecular formula is C65H116O12. The Morgan fingerprint density at radius 2 is 0.779 bits per heavy atom. The summed E-state index contributed by atoms with van der Waals surface area (Å²) in [6.45, 7) is 5.97. The Kier molecular flexibility index (Phi) is 50.1. The molecule has 1 aliphatic rings. The predicted octanol–water partition coefficient (Wildman–Crippen LogP) is 16.8. The SMILES string of the molecule is CCCCC/C=C\C/C=C\CCCCCCCC(=O)OC(COC(=O)CCCCCCCCCCCCCCCCCCCCC)COC1OC(C(=O)O)C(O)C(O)C1OC(=O)CCCCCCC/C=C\CCCCCC. The number of aliphatic carboxylic acids is 1. The van der Waals surface area contributed by atoms with Crippen LogP contribution in [-0.2, 0) is 42.9 Å². The fraction of sp³-hybridized carbons (Fsp3) is 0.846. The van der Waals surface area contributed by atoms with Gasteiger partial charge in [0, 0.05) is 19.3 Å². The van der Waals surface area contributed by atoms with Gasteiger partial charge in [0.2, 0.25) is 0 Å². The lowest BCUT2D eigenvalue weighted by atomic mass is 9.98. The molecule has 6 unspecified atom stereocenters. The van der Waals surface area contributed by atoms with Crippen LogP contribution in [0.3, 0.4) is 0 Å². The maximum absolute atomic E-state index is 13.2. The molecule has 6 atom stereocenters. The van der Waals surface area contributed by atoms with Gasteiger partial charge in [0.05, 0.1) is 6.61 Å². The van der Waals surface area contributed by atoms with Crippen LogP contribution in [0.25, 0.3) is 0 Å². The van der Waals surface area contributed by atoms with Gasteiger partial charge in [-0.3, -0.25) is 14.4 Å². The molecule has 0 aromatic carbocycles. The largest absolute Gasteiger partial charge is 0.479 e. The number of carbonyl (C=O) groups is 4. The maximum atomic E-state index is 13.2. The number of hydrogen-bond acceptors (Lipinski definition) is 11. The number of allylic oxidation sites excluding steroid dienone is 6. The van der Waals surface area contributed by atoms with E-state index in [1.165, 1.54) is 141 Å². The Hall–Kier alpha value is -3.06. The zero-order valence-corrected chi connectivity index (χ0v) is 49.5. The fourth-order valence-electron chi connectivity index (χ4n) is 9.75. The number of aliphatic hydroxyl groups is 2. The molecule has 1 fully saturated rings. The summed E-state index contributed by atoms with van der Waals surface area (Å²) < 4.78 is 28.5. The Morgan fingerprint density at radius 3 is 1.22 bits per heavy atom. The van der Waals surface area contributed by atoms with Crippen LogP contribution in [0.2, 0.25) is 0 Å². The Bertz CT molecular complexity index is 1480. The molecule has 0 bridgehead atoms. The number of carboxylic acid groups (broad SMARTS) is 1. The molecule has 77 heavy (non-hydrogen) atoms. The number of esters is 3. The normalized spacial score (nSPS) is 18.2. The summed E-state index contributed by atoms with van der Waals surface area (Å²) in [5.41, 5.74) is 0. The summed E-state index contributed by atoms with van der Waals surface area (Å²) in [7, 11) is 0. The van der Waals surface area contributed by atoms with Crippen molar-refractivity contribution in [2.45, 2.75) is 340 Å². The van der Waals surface area contributed by atoms with Crippen LogP contribution >= 0.6 is 0 Å². The molecule has 0 saturated carbocycles. The minimum atomic E-state index is -1.90. The van der Waals surface area contributed by atoms with Crippen LogP contribution in [0.5, 0.6) is 0 Å². The van der Waals surface area contributed by atoms with Crippen molar-refractivity contribution >= 4 is 23.9 Å². The molecule has 12 nitrogen and oxygen atoms in total. The second-order valence-electron chi connectivity index (χ2n) is 22.0. The molecule has 1 saturated heterocycles. The van der Waals surface area contributed by atoms with Gasteiger partial charge in [-0.2, -0.15) is 0 Å². The van der Waals surface area contributed by atoms with Gasteiger partial charge in [-0.05, 0) is 77.0 Å². The molecule has 0 spiro atoms. The molecule has 1 rings (SSSR count). The summed E-state index contributed by atoms with van der Waals surface area (Å²) in [4.78, 5) is 51.2. The molecule has 0 aromatic rings. The number of aliphatic hydroxyl groups excluding tert-OH is 2. The fourth-order valence-corrected chi connectivity index (χ4v) is 9.75. The number of unbranched alkanes of at least 4 members (excludes halogenated alkanes) is 35. The minimum absolute atomic E-state index is 0.0515. The van der Waals surface area contributed by atoms with E-state index in [0.717, 1.165) is 103 Å². The molecule has 0 radical (unpaired) electrons. The van der Waals surface area contributed by atoms with Gasteiger partial charge >= 0.3 is 23.9 Å². The van der Waals surface area contributed by atoms with Gasteiger partial charge in [0.1, 0.15) is 18.8 Å². The quantitative estimate of drug-likeness (QED) is 0.0228. The van der Waals surface area contributed by atoms with E-state index in [-0.39, 0.29) is 25.9 Å². The zero-order chi connectivity index (χ0) is 56.1. The van der Waals surface area contributed by atoms with Gasteiger partial charge in [-0.1, -0.05) is 243 Å².